The normalized spacial score (nSPS) is 15.1. The molecule has 0 saturated heterocycles. The van der Waals surface area contributed by atoms with Crippen molar-refractivity contribution in [1.29, 1.82) is 0 Å². The average Bonchev–Trinajstić information content (AvgIpc) is 2.85. The smallest absolute Gasteiger partial charge is 0.280 e. The van der Waals surface area contributed by atoms with Crippen molar-refractivity contribution in [2.24, 2.45) is 0 Å². The van der Waals surface area contributed by atoms with E-state index in [1.54, 1.807) is 42.6 Å². The second-order valence-corrected chi connectivity index (χ2v) is 9.31. The lowest BCUT2D eigenvalue weighted by atomic mass is 10.1. The second kappa shape index (κ2) is 10.0. The lowest BCUT2D eigenvalue weighted by molar-refractivity contribution is 0.347. The maximum absolute atomic E-state index is 13.2. The van der Waals surface area contributed by atoms with E-state index in [0.717, 1.165) is 5.56 Å². The van der Waals surface area contributed by atoms with Crippen LogP contribution in [0.3, 0.4) is 0 Å². The van der Waals surface area contributed by atoms with Crippen LogP contribution in [0.1, 0.15) is 18.3 Å². The first-order chi connectivity index (χ1) is 16.8. The highest BCUT2D eigenvalue weighted by Crippen LogP contribution is 2.41. The van der Waals surface area contributed by atoms with Crippen molar-refractivity contribution in [2.75, 3.05) is 18.9 Å². The monoisotopic (exact) mass is 495 g/mol. The summed E-state index contributed by atoms with van der Waals surface area (Å²) < 4.78 is 45.8. The van der Waals surface area contributed by atoms with Crippen LogP contribution in [-0.2, 0) is 10.0 Å². The van der Waals surface area contributed by atoms with Crippen LogP contribution in [0.5, 0.6) is 23.1 Å². The van der Waals surface area contributed by atoms with Crippen LogP contribution >= 0.6 is 0 Å². The highest BCUT2D eigenvalue weighted by Gasteiger charge is 2.26. The fraction of sp³-hybridized carbons (Fsp3) is 0.208. The molecule has 11 heteroatoms. The Kier molecular flexibility index (Phi) is 6.87. The van der Waals surface area contributed by atoms with Crippen LogP contribution in [-0.4, -0.2) is 43.6 Å². The summed E-state index contributed by atoms with van der Waals surface area (Å²) in [5.41, 5.74) is 1.51. The number of pyridine rings is 1. The number of dihydropyridines is 1. The average molecular weight is 496 g/mol. The molecule has 1 atom stereocenters. The van der Waals surface area contributed by atoms with Gasteiger partial charge in [0.15, 0.2) is 28.2 Å². The maximum atomic E-state index is 13.2. The predicted molar refractivity (Wildman–Crippen MR) is 131 cm³/mol. The van der Waals surface area contributed by atoms with E-state index in [-0.39, 0.29) is 34.3 Å². The number of aromatic nitrogens is 3. The molecule has 0 fully saturated rings. The molecule has 1 unspecified atom stereocenters. The van der Waals surface area contributed by atoms with E-state index >= 15 is 0 Å². The molecule has 35 heavy (non-hydrogen) atoms. The number of allylic oxidation sites excluding steroid dienone is 2. The number of nitrogens with zero attached hydrogens (tertiary/aromatic N) is 3. The van der Waals surface area contributed by atoms with Gasteiger partial charge >= 0.3 is 0 Å². The molecule has 0 spiro atoms. The van der Waals surface area contributed by atoms with E-state index in [4.69, 9.17) is 14.2 Å². The van der Waals surface area contributed by atoms with Crippen molar-refractivity contribution in [3.05, 3.63) is 72.3 Å². The van der Waals surface area contributed by atoms with Crippen molar-refractivity contribution in [3.63, 3.8) is 0 Å². The van der Waals surface area contributed by atoms with Gasteiger partial charge in [-0.25, -0.2) is 9.97 Å². The molecule has 0 amide bonds. The Morgan fingerprint density at radius 3 is 2.46 bits per heavy atom. The molecule has 10 nitrogen and oxygen atoms in total. The van der Waals surface area contributed by atoms with Gasteiger partial charge in [0.2, 0.25) is 5.75 Å². The van der Waals surface area contributed by atoms with Gasteiger partial charge < -0.3 is 19.5 Å². The molecular weight excluding hydrogens is 470 g/mol. The lowest BCUT2D eigenvalue weighted by Gasteiger charge is -2.19. The van der Waals surface area contributed by atoms with Crippen LogP contribution in [0.2, 0.25) is 0 Å². The van der Waals surface area contributed by atoms with Crippen molar-refractivity contribution >= 4 is 21.4 Å². The van der Waals surface area contributed by atoms with E-state index in [9.17, 15) is 8.42 Å². The van der Waals surface area contributed by atoms with Gasteiger partial charge in [-0.3, -0.25) is 4.72 Å². The number of anilines is 1. The van der Waals surface area contributed by atoms with E-state index in [2.05, 4.69) is 25.0 Å². The topological polar surface area (TPSA) is 125 Å². The number of benzene rings is 1. The Labute approximate surface area is 203 Å². The summed E-state index contributed by atoms with van der Waals surface area (Å²) in [5.74, 6) is 0.923. The van der Waals surface area contributed by atoms with Crippen molar-refractivity contribution in [3.8, 4) is 23.1 Å². The van der Waals surface area contributed by atoms with E-state index < -0.39 is 10.0 Å². The summed E-state index contributed by atoms with van der Waals surface area (Å²) in [7, 11) is -1.20. The lowest BCUT2D eigenvalue weighted by Crippen LogP contribution is -2.21. The van der Waals surface area contributed by atoms with Crippen molar-refractivity contribution < 1.29 is 22.6 Å². The predicted octanol–water partition coefficient (Wildman–Crippen LogP) is 3.68. The third-order valence-corrected chi connectivity index (χ3v) is 6.26. The zero-order chi connectivity index (χ0) is 25.0. The molecule has 0 bridgehead atoms. The summed E-state index contributed by atoms with van der Waals surface area (Å²) in [6.07, 6.45) is 6.94. The van der Waals surface area contributed by atoms with Crippen LogP contribution < -0.4 is 24.2 Å². The minimum absolute atomic E-state index is 0.0250. The van der Waals surface area contributed by atoms with E-state index in [1.807, 2.05) is 19.9 Å². The Bertz CT molecular complexity index is 1390. The fourth-order valence-corrected chi connectivity index (χ4v) is 4.21. The van der Waals surface area contributed by atoms with E-state index in [1.165, 1.54) is 26.5 Å². The molecule has 3 heterocycles. The molecule has 4 rings (SSSR count). The summed E-state index contributed by atoms with van der Waals surface area (Å²) >= 11 is 0. The Hall–Kier alpha value is -4.12. The Morgan fingerprint density at radius 2 is 1.80 bits per heavy atom. The highest BCUT2D eigenvalue weighted by atomic mass is 32.2. The molecule has 3 aromatic rings. The molecule has 182 valence electrons. The molecule has 2 aromatic heterocycles. The maximum Gasteiger partial charge on any atom is 0.280 e. The van der Waals surface area contributed by atoms with Crippen LogP contribution in [0, 0.1) is 6.92 Å². The fourth-order valence-electron chi connectivity index (χ4n) is 3.28. The Morgan fingerprint density at radius 1 is 1.03 bits per heavy atom. The van der Waals surface area contributed by atoms with Gasteiger partial charge in [-0.1, -0.05) is 24.3 Å². The summed E-state index contributed by atoms with van der Waals surface area (Å²) in [6, 6.07) is 10.0. The number of ether oxygens (including phenoxy) is 3. The molecule has 0 radical (unpaired) electrons. The molecule has 1 aromatic carbocycles. The summed E-state index contributed by atoms with van der Waals surface area (Å²) in [5, 5.41) is 2.98. The number of para-hydroxylation sites is 2. The Balaban J connectivity index is 1.85. The zero-order valence-corrected chi connectivity index (χ0v) is 20.5. The number of rotatable bonds is 8. The van der Waals surface area contributed by atoms with Gasteiger partial charge in [0.05, 0.1) is 14.2 Å². The summed E-state index contributed by atoms with van der Waals surface area (Å²) in [6.45, 7) is 3.78. The molecule has 0 aliphatic carbocycles. The molecular formula is C24H25N5O5S. The second-order valence-electron chi connectivity index (χ2n) is 7.68. The van der Waals surface area contributed by atoms with Crippen LogP contribution in [0.15, 0.2) is 66.0 Å². The number of hydrogen-bond acceptors (Lipinski definition) is 9. The molecule has 1 aliphatic rings. The van der Waals surface area contributed by atoms with Gasteiger partial charge in [0, 0.05) is 17.8 Å². The number of aryl methyl sites for hydroxylation is 1. The first-order valence-corrected chi connectivity index (χ1v) is 12.2. The van der Waals surface area contributed by atoms with Gasteiger partial charge in [-0.05, 0) is 49.9 Å². The first-order valence-electron chi connectivity index (χ1n) is 10.7. The number of sulfonamides is 1. The van der Waals surface area contributed by atoms with Crippen molar-refractivity contribution in [2.45, 2.75) is 24.9 Å². The van der Waals surface area contributed by atoms with Gasteiger partial charge in [-0.15, -0.1) is 0 Å². The highest BCUT2D eigenvalue weighted by molar-refractivity contribution is 7.92. The van der Waals surface area contributed by atoms with Crippen LogP contribution in [0.4, 0.5) is 5.82 Å². The summed E-state index contributed by atoms with van der Waals surface area (Å²) in [4.78, 5) is 13.0. The standard InChI is InChI=1S/C24H25N5O5S/c1-15-9-10-20(26-14-15)35(30,31)29-23-21(34-19-8-6-5-7-18(19)32-3)24(33-4)28-22(27-23)17-11-12-25-16(2)13-17/h5-14,16,25H,1-4H3,(H,27,28,29). The largest absolute Gasteiger partial charge is 0.493 e. The zero-order valence-electron chi connectivity index (χ0n) is 19.6. The number of hydrogen-bond donors (Lipinski definition) is 2. The van der Waals surface area contributed by atoms with Crippen LogP contribution in [0.25, 0.3) is 5.57 Å². The SMILES string of the molecule is COc1ccccc1Oc1c(NS(=O)(=O)c2ccc(C)cn2)nc(C2=CC(C)NC=C2)nc1OC. The minimum Gasteiger partial charge on any atom is -0.493 e. The molecule has 2 N–H and O–H groups in total. The molecule has 0 saturated carbocycles. The van der Waals surface area contributed by atoms with Gasteiger partial charge in [-0.2, -0.15) is 13.4 Å². The van der Waals surface area contributed by atoms with Gasteiger partial charge in [0.1, 0.15) is 0 Å². The quantitative estimate of drug-likeness (QED) is 0.481. The van der Waals surface area contributed by atoms with Crippen molar-refractivity contribution in [1.82, 2.24) is 20.3 Å². The third-order valence-electron chi connectivity index (χ3n) is 5.01. The minimum atomic E-state index is -4.11. The molecule has 1 aliphatic heterocycles. The number of nitrogens with one attached hydrogen (secondary N) is 2. The van der Waals surface area contributed by atoms with E-state index in [0.29, 0.717) is 17.1 Å². The number of methoxy groups -OCH3 is 2. The first kappa shape index (κ1) is 24.0. The van der Waals surface area contributed by atoms with Gasteiger partial charge in [0.25, 0.3) is 15.9 Å². The third kappa shape index (κ3) is 5.35.